The molecule has 6 heteroatoms. The van der Waals surface area contributed by atoms with Gasteiger partial charge in [0.25, 0.3) is 0 Å². The van der Waals surface area contributed by atoms with E-state index in [2.05, 4.69) is 14.4 Å². The molecule has 0 spiro atoms. The van der Waals surface area contributed by atoms with E-state index in [1.165, 1.54) is 6.26 Å². The molecular weight excluding hydrogens is 216 g/mol. The summed E-state index contributed by atoms with van der Waals surface area (Å²) in [6, 6.07) is 0. The van der Waals surface area contributed by atoms with Gasteiger partial charge in [-0.15, -0.1) is 0 Å². The van der Waals surface area contributed by atoms with Gasteiger partial charge in [-0.05, 0) is 19.3 Å². The molecule has 1 aromatic rings. The highest BCUT2D eigenvalue weighted by Gasteiger charge is 2.30. The second-order valence-electron chi connectivity index (χ2n) is 3.77. The molecule has 1 heterocycles. The predicted octanol–water partition coefficient (Wildman–Crippen LogP) is 0.689. The van der Waals surface area contributed by atoms with E-state index in [0.29, 0.717) is 13.0 Å². The Morgan fingerprint density at radius 1 is 1.53 bits per heavy atom. The summed E-state index contributed by atoms with van der Waals surface area (Å²) < 4.78 is 30.4. The Morgan fingerprint density at radius 3 is 2.87 bits per heavy atom. The quantitative estimate of drug-likeness (QED) is 0.807. The van der Waals surface area contributed by atoms with Gasteiger partial charge < -0.3 is 4.52 Å². The van der Waals surface area contributed by atoms with E-state index in [1.54, 1.807) is 6.20 Å². The van der Waals surface area contributed by atoms with Gasteiger partial charge in [0.15, 0.2) is 0 Å². The largest absolute Gasteiger partial charge is 0.364 e. The zero-order valence-electron chi connectivity index (χ0n) is 8.35. The number of nitrogens with one attached hydrogen (secondary N) is 1. The first-order chi connectivity index (χ1) is 7.18. The van der Waals surface area contributed by atoms with Crippen molar-refractivity contribution in [2.24, 2.45) is 0 Å². The Labute approximate surface area is 88.9 Å². The molecule has 84 valence electrons. The van der Waals surface area contributed by atoms with Crippen molar-refractivity contribution in [3.63, 3.8) is 0 Å². The first-order valence-corrected chi connectivity index (χ1v) is 6.60. The number of nitrogens with zero attached hydrogens (tertiary/aromatic N) is 1. The minimum absolute atomic E-state index is 0.167. The van der Waals surface area contributed by atoms with Crippen LogP contribution < -0.4 is 4.72 Å². The molecule has 1 fully saturated rings. The zero-order valence-corrected chi connectivity index (χ0v) is 9.16. The summed E-state index contributed by atoms with van der Waals surface area (Å²) in [4.78, 5) is 0. The molecule has 1 aliphatic rings. The normalized spacial score (nSPS) is 17.6. The van der Waals surface area contributed by atoms with Crippen molar-refractivity contribution >= 4 is 10.0 Å². The van der Waals surface area contributed by atoms with Crippen molar-refractivity contribution < 1.29 is 12.9 Å². The number of sulfonamides is 1. The number of hydrogen-bond donors (Lipinski definition) is 1. The van der Waals surface area contributed by atoms with E-state index < -0.39 is 10.0 Å². The summed E-state index contributed by atoms with van der Waals surface area (Å²) in [5, 5.41) is 3.38. The molecule has 0 saturated heterocycles. The third-order valence-corrected chi connectivity index (χ3v) is 4.65. The molecule has 0 aromatic carbocycles. The average Bonchev–Trinajstić information content (AvgIpc) is 2.51. The fourth-order valence-corrected chi connectivity index (χ4v) is 3.06. The van der Waals surface area contributed by atoms with Gasteiger partial charge in [0, 0.05) is 12.1 Å². The highest BCUT2D eigenvalue weighted by Crippen LogP contribution is 2.25. The molecule has 0 unspecified atom stereocenters. The van der Waals surface area contributed by atoms with Gasteiger partial charge in [-0.2, -0.15) is 0 Å². The van der Waals surface area contributed by atoms with E-state index in [4.69, 9.17) is 0 Å². The fourth-order valence-electron chi connectivity index (χ4n) is 1.49. The Hall–Kier alpha value is -0.880. The Balaban J connectivity index is 1.78. The standard InChI is InChI=1S/C9H14N2O3S/c12-15(13,9-2-1-3-9)11-5-4-8-6-10-14-7-8/h6-7,9,11H,1-5H2. The van der Waals surface area contributed by atoms with Crippen LogP contribution in [0.3, 0.4) is 0 Å². The molecule has 2 rings (SSSR count). The lowest BCUT2D eigenvalue weighted by Gasteiger charge is -2.25. The summed E-state index contributed by atoms with van der Waals surface area (Å²) in [7, 11) is -3.08. The lowest BCUT2D eigenvalue weighted by Crippen LogP contribution is -2.39. The van der Waals surface area contributed by atoms with Crippen molar-refractivity contribution in [2.45, 2.75) is 30.9 Å². The van der Waals surface area contributed by atoms with Crippen LogP contribution in [0.4, 0.5) is 0 Å². The maximum Gasteiger partial charge on any atom is 0.214 e. The van der Waals surface area contributed by atoms with Crippen LogP contribution in [0.15, 0.2) is 17.0 Å². The lowest BCUT2D eigenvalue weighted by atomic mass is 10.0. The minimum Gasteiger partial charge on any atom is -0.364 e. The van der Waals surface area contributed by atoms with Crippen molar-refractivity contribution in [3.05, 3.63) is 18.0 Å². The van der Waals surface area contributed by atoms with Gasteiger partial charge >= 0.3 is 0 Å². The number of rotatable bonds is 5. The SMILES string of the molecule is O=S(=O)(NCCc1cnoc1)C1CCC1. The maximum atomic E-state index is 11.6. The van der Waals surface area contributed by atoms with Crippen molar-refractivity contribution in [2.75, 3.05) is 6.54 Å². The van der Waals surface area contributed by atoms with Crippen molar-refractivity contribution in [1.29, 1.82) is 0 Å². The van der Waals surface area contributed by atoms with Gasteiger partial charge in [-0.1, -0.05) is 11.6 Å². The topological polar surface area (TPSA) is 72.2 Å². The molecule has 0 amide bonds. The highest BCUT2D eigenvalue weighted by atomic mass is 32.2. The first-order valence-electron chi connectivity index (χ1n) is 5.05. The molecule has 0 atom stereocenters. The Morgan fingerprint density at radius 2 is 2.33 bits per heavy atom. The second-order valence-corrected chi connectivity index (χ2v) is 5.82. The van der Waals surface area contributed by atoms with E-state index in [-0.39, 0.29) is 5.25 Å². The highest BCUT2D eigenvalue weighted by molar-refractivity contribution is 7.90. The minimum atomic E-state index is -3.08. The summed E-state index contributed by atoms with van der Waals surface area (Å²) in [6.45, 7) is 0.417. The number of aromatic nitrogens is 1. The lowest BCUT2D eigenvalue weighted by molar-refractivity contribution is 0.419. The second kappa shape index (κ2) is 4.32. The summed E-state index contributed by atoms with van der Waals surface area (Å²) in [6.07, 6.45) is 6.35. The van der Waals surface area contributed by atoms with Crippen LogP contribution in [0, 0.1) is 0 Å². The van der Waals surface area contributed by atoms with E-state index >= 15 is 0 Å². The zero-order chi connectivity index (χ0) is 10.7. The monoisotopic (exact) mass is 230 g/mol. The Kier molecular flexibility index (Phi) is 3.06. The molecule has 1 aromatic heterocycles. The molecule has 1 aliphatic carbocycles. The van der Waals surface area contributed by atoms with Crippen molar-refractivity contribution in [3.8, 4) is 0 Å². The Bertz CT molecular complexity index is 395. The molecule has 15 heavy (non-hydrogen) atoms. The van der Waals surface area contributed by atoms with Gasteiger partial charge in [0.05, 0.1) is 11.4 Å². The van der Waals surface area contributed by atoms with Crippen LogP contribution >= 0.6 is 0 Å². The van der Waals surface area contributed by atoms with E-state index in [1.807, 2.05) is 0 Å². The maximum absolute atomic E-state index is 11.6. The van der Waals surface area contributed by atoms with Crippen LogP contribution in [0.5, 0.6) is 0 Å². The fraction of sp³-hybridized carbons (Fsp3) is 0.667. The van der Waals surface area contributed by atoms with Crippen LogP contribution in [0.1, 0.15) is 24.8 Å². The first kappa shape index (κ1) is 10.6. The van der Waals surface area contributed by atoms with Crippen LogP contribution in [0.25, 0.3) is 0 Å². The van der Waals surface area contributed by atoms with Gasteiger partial charge in [0.2, 0.25) is 10.0 Å². The van der Waals surface area contributed by atoms with Crippen LogP contribution in [0.2, 0.25) is 0 Å². The average molecular weight is 230 g/mol. The smallest absolute Gasteiger partial charge is 0.214 e. The summed E-state index contributed by atoms with van der Waals surface area (Å²) in [5.41, 5.74) is 0.909. The third-order valence-electron chi connectivity index (χ3n) is 2.69. The molecule has 1 saturated carbocycles. The molecular formula is C9H14N2O3S. The molecule has 5 nitrogen and oxygen atoms in total. The predicted molar refractivity (Wildman–Crippen MR) is 54.8 cm³/mol. The van der Waals surface area contributed by atoms with Crippen molar-refractivity contribution in [1.82, 2.24) is 9.88 Å². The van der Waals surface area contributed by atoms with E-state index in [0.717, 1.165) is 24.8 Å². The van der Waals surface area contributed by atoms with Gasteiger partial charge in [-0.25, -0.2) is 13.1 Å². The summed E-state index contributed by atoms with van der Waals surface area (Å²) in [5.74, 6) is 0. The molecule has 0 bridgehead atoms. The van der Waals surface area contributed by atoms with Crippen LogP contribution in [-0.2, 0) is 16.4 Å². The molecule has 1 N–H and O–H groups in total. The van der Waals surface area contributed by atoms with Crippen LogP contribution in [-0.4, -0.2) is 25.4 Å². The summed E-state index contributed by atoms with van der Waals surface area (Å²) >= 11 is 0. The molecule has 0 radical (unpaired) electrons. The van der Waals surface area contributed by atoms with Gasteiger partial charge in [-0.3, -0.25) is 0 Å². The molecule has 0 aliphatic heterocycles. The third kappa shape index (κ3) is 2.57. The number of hydrogen-bond acceptors (Lipinski definition) is 4. The van der Waals surface area contributed by atoms with Gasteiger partial charge in [0.1, 0.15) is 6.26 Å². The van der Waals surface area contributed by atoms with E-state index in [9.17, 15) is 8.42 Å².